The van der Waals surface area contributed by atoms with Gasteiger partial charge in [-0.05, 0) is 55.3 Å². The Hall–Kier alpha value is -2.20. The lowest BCUT2D eigenvalue weighted by Gasteiger charge is -2.22. The molecule has 2 rings (SSSR count). The van der Waals surface area contributed by atoms with Crippen LogP contribution in [0.5, 0.6) is 11.5 Å². The number of methoxy groups -OCH3 is 1. The van der Waals surface area contributed by atoms with E-state index in [0.29, 0.717) is 17.3 Å². The van der Waals surface area contributed by atoms with Crippen LogP contribution in [0, 0.1) is 6.92 Å². The number of carbonyl (C=O) groups excluding carboxylic acids is 1. The predicted molar refractivity (Wildman–Crippen MR) is 95.7 cm³/mol. The van der Waals surface area contributed by atoms with Crippen LogP contribution in [-0.4, -0.2) is 31.1 Å². The fourth-order valence-corrected chi connectivity index (χ4v) is 2.46. The average molecular weight is 348 g/mol. The molecule has 1 amide bonds. The van der Waals surface area contributed by atoms with Crippen LogP contribution in [0.4, 0.5) is 0 Å². The van der Waals surface area contributed by atoms with E-state index in [4.69, 9.17) is 21.1 Å². The Labute approximate surface area is 147 Å². The molecule has 2 aromatic rings. The van der Waals surface area contributed by atoms with E-state index in [1.807, 2.05) is 37.3 Å². The summed E-state index contributed by atoms with van der Waals surface area (Å²) in [7, 11) is 3.39. The molecular weight excluding hydrogens is 326 g/mol. The molecular formula is C19H22ClNO3. The first-order valence-corrected chi connectivity index (χ1v) is 8.09. The van der Waals surface area contributed by atoms with Gasteiger partial charge in [-0.15, -0.1) is 0 Å². The number of amides is 1. The first kappa shape index (κ1) is 18.1. The van der Waals surface area contributed by atoms with Crippen molar-refractivity contribution < 1.29 is 14.3 Å². The number of aryl methyl sites for hydroxylation is 1. The molecule has 0 aromatic heterocycles. The van der Waals surface area contributed by atoms with E-state index >= 15 is 0 Å². The minimum atomic E-state index is -0.575. The second kappa shape index (κ2) is 8.06. The number of nitrogens with zero attached hydrogens (tertiary/aromatic N) is 1. The topological polar surface area (TPSA) is 38.8 Å². The molecule has 0 N–H and O–H groups in total. The van der Waals surface area contributed by atoms with Crippen molar-refractivity contribution in [3.05, 3.63) is 58.6 Å². The minimum absolute atomic E-state index is 0.0848. The molecule has 0 bridgehead atoms. The van der Waals surface area contributed by atoms with Gasteiger partial charge >= 0.3 is 0 Å². The zero-order valence-corrected chi connectivity index (χ0v) is 15.1. The highest BCUT2D eigenvalue weighted by Gasteiger charge is 2.19. The highest BCUT2D eigenvalue weighted by Crippen LogP contribution is 2.22. The summed E-state index contributed by atoms with van der Waals surface area (Å²) in [6.45, 7) is 4.16. The van der Waals surface area contributed by atoms with Crippen LogP contribution in [0.1, 0.15) is 18.1 Å². The largest absolute Gasteiger partial charge is 0.497 e. The van der Waals surface area contributed by atoms with E-state index in [0.717, 1.165) is 16.9 Å². The van der Waals surface area contributed by atoms with Gasteiger partial charge in [0.05, 0.1) is 7.11 Å². The molecule has 1 unspecified atom stereocenters. The Morgan fingerprint density at radius 2 is 1.79 bits per heavy atom. The molecule has 0 fully saturated rings. The van der Waals surface area contributed by atoms with Crippen LogP contribution in [0.2, 0.25) is 5.02 Å². The Morgan fingerprint density at radius 1 is 1.17 bits per heavy atom. The summed E-state index contributed by atoms with van der Waals surface area (Å²) >= 11 is 6.00. The Balaban J connectivity index is 1.96. The van der Waals surface area contributed by atoms with Gasteiger partial charge in [-0.2, -0.15) is 0 Å². The van der Waals surface area contributed by atoms with Gasteiger partial charge in [0.15, 0.2) is 6.10 Å². The molecule has 2 aromatic carbocycles. The molecule has 4 nitrogen and oxygen atoms in total. The lowest BCUT2D eigenvalue weighted by Crippen LogP contribution is -2.37. The summed E-state index contributed by atoms with van der Waals surface area (Å²) in [5, 5.41) is 0.679. The van der Waals surface area contributed by atoms with Crippen molar-refractivity contribution in [2.45, 2.75) is 26.5 Å². The quantitative estimate of drug-likeness (QED) is 0.790. The first-order chi connectivity index (χ1) is 11.4. The molecule has 0 radical (unpaired) electrons. The summed E-state index contributed by atoms with van der Waals surface area (Å²) in [5.41, 5.74) is 1.95. The summed E-state index contributed by atoms with van der Waals surface area (Å²) in [6.07, 6.45) is -0.575. The summed E-state index contributed by atoms with van der Waals surface area (Å²) < 4.78 is 10.9. The van der Waals surface area contributed by atoms with E-state index in [1.54, 1.807) is 38.1 Å². The normalized spacial score (nSPS) is 11.7. The van der Waals surface area contributed by atoms with Crippen LogP contribution in [-0.2, 0) is 11.3 Å². The van der Waals surface area contributed by atoms with Crippen LogP contribution < -0.4 is 9.47 Å². The molecule has 0 aliphatic carbocycles. The lowest BCUT2D eigenvalue weighted by molar-refractivity contribution is -0.137. The fraction of sp³-hybridized carbons (Fsp3) is 0.316. The molecule has 0 aliphatic heterocycles. The zero-order chi connectivity index (χ0) is 17.7. The molecule has 0 heterocycles. The molecule has 0 aliphatic rings. The van der Waals surface area contributed by atoms with Gasteiger partial charge in [-0.1, -0.05) is 23.7 Å². The summed E-state index contributed by atoms with van der Waals surface area (Å²) in [4.78, 5) is 14.1. The number of carbonyl (C=O) groups is 1. The van der Waals surface area contributed by atoms with Crippen LogP contribution in [0.3, 0.4) is 0 Å². The van der Waals surface area contributed by atoms with Crippen molar-refractivity contribution in [1.29, 1.82) is 0 Å². The van der Waals surface area contributed by atoms with E-state index in [2.05, 4.69) is 0 Å². The second-order valence-electron chi connectivity index (χ2n) is 5.71. The monoisotopic (exact) mass is 347 g/mol. The van der Waals surface area contributed by atoms with Crippen molar-refractivity contribution >= 4 is 17.5 Å². The Kier molecular flexibility index (Phi) is 6.10. The highest BCUT2D eigenvalue weighted by molar-refractivity contribution is 6.31. The smallest absolute Gasteiger partial charge is 0.263 e. The Bertz CT molecular complexity index is 700. The number of benzene rings is 2. The maximum atomic E-state index is 12.5. The van der Waals surface area contributed by atoms with Crippen LogP contribution in [0.25, 0.3) is 0 Å². The summed E-state index contributed by atoms with van der Waals surface area (Å²) in [5.74, 6) is 1.34. The average Bonchev–Trinajstić information content (AvgIpc) is 2.58. The molecule has 24 heavy (non-hydrogen) atoms. The molecule has 5 heteroatoms. The summed E-state index contributed by atoms with van der Waals surface area (Å²) in [6, 6.07) is 13.0. The zero-order valence-electron chi connectivity index (χ0n) is 14.4. The van der Waals surface area contributed by atoms with E-state index in [-0.39, 0.29) is 5.91 Å². The number of ether oxygens (including phenoxy) is 2. The number of rotatable bonds is 6. The van der Waals surface area contributed by atoms with Crippen LogP contribution >= 0.6 is 11.6 Å². The maximum Gasteiger partial charge on any atom is 0.263 e. The number of hydrogen-bond donors (Lipinski definition) is 0. The van der Waals surface area contributed by atoms with Crippen molar-refractivity contribution in [2.75, 3.05) is 14.2 Å². The maximum absolute atomic E-state index is 12.5. The number of halogens is 1. The van der Waals surface area contributed by atoms with E-state index < -0.39 is 6.10 Å². The SMILES string of the molecule is COc1ccc(CN(C)C(=O)C(C)Oc2ccc(Cl)c(C)c2)cc1. The molecule has 0 saturated heterocycles. The predicted octanol–water partition coefficient (Wildman–Crippen LogP) is 4.08. The van der Waals surface area contributed by atoms with Crippen molar-refractivity contribution in [1.82, 2.24) is 4.90 Å². The Morgan fingerprint density at radius 3 is 2.38 bits per heavy atom. The second-order valence-corrected chi connectivity index (χ2v) is 6.12. The van der Waals surface area contributed by atoms with Crippen LogP contribution in [0.15, 0.2) is 42.5 Å². The molecule has 0 saturated carbocycles. The number of likely N-dealkylation sites (N-methyl/N-ethyl adjacent to an activating group) is 1. The lowest BCUT2D eigenvalue weighted by atomic mass is 10.2. The van der Waals surface area contributed by atoms with Gasteiger partial charge in [-0.25, -0.2) is 0 Å². The fourth-order valence-electron chi connectivity index (χ4n) is 2.34. The third-order valence-corrected chi connectivity index (χ3v) is 4.17. The number of hydrogen-bond acceptors (Lipinski definition) is 3. The van der Waals surface area contributed by atoms with Gasteiger partial charge in [0.1, 0.15) is 11.5 Å². The van der Waals surface area contributed by atoms with Gasteiger partial charge in [0, 0.05) is 18.6 Å². The molecule has 0 spiro atoms. The van der Waals surface area contributed by atoms with Crippen molar-refractivity contribution in [3.63, 3.8) is 0 Å². The van der Waals surface area contributed by atoms with E-state index in [9.17, 15) is 4.79 Å². The molecule has 128 valence electrons. The third kappa shape index (κ3) is 4.65. The van der Waals surface area contributed by atoms with Gasteiger partial charge in [-0.3, -0.25) is 4.79 Å². The van der Waals surface area contributed by atoms with Gasteiger partial charge in [0.2, 0.25) is 0 Å². The van der Waals surface area contributed by atoms with Crippen molar-refractivity contribution in [3.8, 4) is 11.5 Å². The standard InChI is InChI=1S/C19H22ClNO3/c1-13-11-17(9-10-18(13)20)24-14(2)19(22)21(3)12-15-5-7-16(23-4)8-6-15/h5-11,14H,12H2,1-4H3. The minimum Gasteiger partial charge on any atom is -0.497 e. The van der Waals surface area contributed by atoms with E-state index in [1.165, 1.54) is 0 Å². The van der Waals surface area contributed by atoms with Crippen molar-refractivity contribution in [2.24, 2.45) is 0 Å². The first-order valence-electron chi connectivity index (χ1n) is 7.71. The highest BCUT2D eigenvalue weighted by atomic mass is 35.5. The van der Waals surface area contributed by atoms with Gasteiger partial charge < -0.3 is 14.4 Å². The molecule has 1 atom stereocenters. The third-order valence-electron chi connectivity index (χ3n) is 3.75. The van der Waals surface area contributed by atoms with Gasteiger partial charge in [0.25, 0.3) is 5.91 Å².